The van der Waals surface area contributed by atoms with Crippen molar-refractivity contribution >= 4 is 29.9 Å². The molecule has 2 atom stereocenters. The van der Waals surface area contributed by atoms with Crippen molar-refractivity contribution in [1.29, 1.82) is 0 Å². The molecule has 1 heterocycles. The Balaban J connectivity index is 0.00000312. The Morgan fingerprint density at radius 1 is 1.36 bits per heavy atom. The number of likely N-dealkylation sites (N-methyl/N-ethyl adjacent to an activating group) is 1. The van der Waals surface area contributed by atoms with E-state index in [4.69, 9.17) is 4.74 Å². The number of nitrogens with zero attached hydrogens (tertiary/aromatic N) is 2. The zero-order chi connectivity index (χ0) is 17.4. The van der Waals surface area contributed by atoms with Crippen LogP contribution in [0.1, 0.15) is 19.4 Å². The molecule has 0 saturated carbocycles. The van der Waals surface area contributed by atoms with Crippen LogP contribution in [-0.2, 0) is 10.3 Å². The van der Waals surface area contributed by atoms with Crippen LogP contribution in [0.15, 0.2) is 35.3 Å². The summed E-state index contributed by atoms with van der Waals surface area (Å²) < 4.78 is 5.76. The maximum Gasteiger partial charge on any atom is 0.191 e. The van der Waals surface area contributed by atoms with Crippen molar-refractivity contribution in [3.63, 3.8) is 0 Å². The average molecular weight is 462 g/mol. The predicted molar refractivity (Wildman–Crippen MR) is 113 cm³/mol. The standard InChI is InChI=1S/C18H30N4O2.HI/c1-4-19-17(20-12-16-13-22(3)10-11-24-16)21-14-18(2,23)15-8-6-5-7-9-15;/h5-9,16,23H,4,10-14H2,1-3H3,(H2,19,20,21);1H. The Kier molecular flexibility index (Phi) is 9.70. The zero-order valence-corrected chi connectivity index (χ0v) is 17.7. The van der Waals surface area contributed by atoms with Crippen molar-refractivity contribution < 1.29 is 9.84 Å². The summed E-state index contributed by atoms with van der Waals surface area (Å²) in [6.45, 7) is 8.22. The highest BCUT2D eigenvalue weighted by molar-refractivity contribution is 14.0. The second kappa shape index (κ2) is 10.9. The maximum atomic E-state index is 10.7. The van der Waals surface area contributed by atoms with Crippen LogP contribution in [0, 0.1) is 0 Å². The van der Waals surface area contributed by atoms with E-state index in [1.165, 1.54) is 0 Å². The first-order chi connectivity index (χ1) is 11.5. The third-order valence-electron chi connectivity index (χ3n) is 4.12. The van der Waals surface area contributed by atoms with Gasteiger partial charge >= 0.3 is 0 Å². The molecule has 1 fully saturated rings. The minimum atomic E-state index is -0.995. The van der Waals surface area contributed by atoms with Crippen LogP contribution >= 0.6 is 24.0 Å². The molecular weight excluding hydrogens is 431 g/mol. The molecule has 1 aromatic rings. The molecule has 2 unspecified atom stereocenters. The molecule has 2 rings (SSSR count). The van der Waals surface area contributed by atoms with Gasteiger partial charge in [-0.3, -0.25) is 0 Å². The van der Waals surface area contributed by atoms with E-state index in [0.717, 1.165) is 31.8 Å². The van der Waals surface area contributed by atoms with Crippen LogP contribution in [0.4, 0.5) is 0 Å². The molecule has 142 valence electrons. The molecule has 0 amide bonds. The minimum absolute atomic E-state index is 0. The molecule has 0 aromatic heterocycles. The smallest absolute Gasteiger partial charge is 0.191 e. The van der Waals surface area contributed by atoms with Crippen molar-refractivity contribution in [3.8, 4) is 0 Å². The topological polar surface area (TPSA) is 69.1 Å². The van der Waals surface area contributed by atoms with Gasteiger partial charge in [-0.25, -0.2) is 4.99 Å². The fourth-order valence-corrected chi connectivity index (χ4v) is 2.66. The normalized spacial score (nSPS) is 21.1. The van der Waals surface area contributed by atoms with Gasteiger partial charge in [-0.1, -0.05) is 30.3 Å². The van der Waals surface area contributed by atoms with Gasteiger partial charge in [0.25, 0.3) is 0 Å². The van der Waals surface area contributed by atoms with Crippen LogP contribution in [0.3, 0.4) is 0 Å². The fraction of sp³-hybridized carbons (Fsp3) is 0.611. The van der Waals surface area contributed by atoms with Crippen molar-refractivity contribution in [1.82, 2.24) is 15.5 Å². The summed E-state index contributed by atoms with van der Waals surface area (Å²) in [6.07, 6.45) is 0.155. The molecule has 1 aliphatic rings. The summed E-state index contributed by atoms with van der Waals surface area (Å²) in [6, 6.07) is 9.63. The van der Waals surface area contributed by atoms with Crippen LogP contribution in [0.2, 0.25) is 0 Å². The van der Waals surface area contributed by atoms with E-state index >= 15 is 0 Å². The summed E-state index contributed by atoms with van der Waals surface area (Å²) >= 11 is 0. The van der Waals surface area contributed by atoms with Crippen LogP contribution in [0.5, 0.6) is 0 Å². The van der Waals surface area contributed by atoms with E-state index in [-0.39, 0.29) is 36.6 Å². The lowest BCUT2D eigenvalue weighted by Crippen LogP contribution is -2.48. The van der Waals surface area contributed by atoms with E-state index in [1.54, 1.807) is 6.92 Å². The quantitative estimate of drug-likeness (QED) is 0.339. The molecule has 1 saturated heterocycles. The lowest BCUT2D eigenvalue weighted by molar-refractivity contribution is -0.0161. The SMILES string of the molecule is CCNC(=NCC(C)(O)c1ccccc1)NCC1CN(C)CCO1.I. The molecule has 7 heteroatoms. The van der Waals surface area contributed by atoms with Crippen molar-refractivity contribution in [2.45, 2.75) is 25.6 Å². The number of aliphatic imine (C=N–C) groups is 1. The summed E-state index contributed by atoms with van der Waals surface area (Å²) in [5.41, 5.74) is -0.132. The number of rotatable bonds is 6. The molecule has 25 heavy (non-hydrogen) atoms. The molecule has 6 nitrogen and oxygen atoms in total. The minimum Gasteiger partial charge on any atom is -0.384 e. The molecular formula is C18H31IN4O2. The number of aliphatic hydroxyl groups is 1. The number of halogens is 1. The van der Waals surface area contributed by atoms with Crippen LogP contribution in [-0.4, -0.2) is 68.4 Å². The van der Waals surface area contributed by atoms with E-state index in [1.807, 2.05) is 37.3 Å². The highest BCUT2D eigenvalue weighted by atomic mass is 127. The molecule has 0 aliphatic carbocycles. The van der Waals surface area contributed by atoms with Gasteiger partial charge in [0.15, 0.2) is 5.96 Å². The van der Waals surface area contributed by atoms with E-state index in [9.17, 15) is 5.11 Å². The Bertz CT molecular complexity index is 525. The number of nitrogens with one attached hydrogen (secondary N) is 2. The fourth-order valence-electron chi connectivity index (χ4n) is 2.66. The summed E-state index contributed by atoms with van der Waals surface area (Å²) in [5, 5.41) is 17.2. The van der Waals surface area contributed by atoms with Crippen molar-refractivity contribution in [2.24, 2.45) is 4.99 Å². The monoisotopic (exact) mass is 462 g/mol. The predicted octanol–water partition coefficient (Wildman–Crippen LogP) is 1.40. The first kappa shape index (κ1) is 22.1. The number of guanidine groups is 1. The summed E-state index contributed by atoms with van der Waals surface area (Å²) in [4.78, 5) is 6.80. The van der Waals surface area contributed by atoms with E-state index in [0.29, 0.717) is 12.5 Å². The molecule has 3 N–H and O–H groups in total. The van der Waals surface area contributed by atoms with Gasteiger partial charge in [-0.05, 0) is 26.5 Å². The Labute approximate surface area is 168 Å². The summed E-state index contributed by atoms with van der Waals surface area (Å²) in [5.74, 6) is 0.700. The van der Waals surface area contributed by atoms with Gasteiger partial charge < -0.3 is 25.4 Å². The summed E-state index contributed by atoms with van der Waals surface area (Å²) in [7, 11) is 2.10. The number of ether oxygens (including phenoxy) is 1. The first-order valence-corrected chi connectivity index (χ1v) is 8.61. The lowest BCUT2D eigenvalue weighted by Gasteiger charge is -2.30. The van der Waals surface area contributed by atoms with Gasteiger partial charge in [-0.2, -0.15) is 0 Å². The highest BCUT2D eigenvalue weighted by Crippen LogP contribution is 2.20. The van der Waals surface area contributed by atoms with Crippen molar-refractivity contribution in [2.75, 3.05) is 46.4 Å². The highest BCUT2D eigenvalue weighted by Gasteiger charge is 2.23. The molecule has 1 aliphatic heterocycles. The van der Waals surface area contributed by atoms with E-state index < -0.39 is 5.60 Å². The van der Waals surface area contributed by atoms with Gasteiger partial charge in [-0.15, -0.1) is 24.0 Å². The van der Waals surface area contributed by atoms with Crippen LogP contribution in [0.25, 0.3) is 0 Å². The van der Waals surface area contributed by atoms with Gasteiger partial charge in [0.05, 0.1) is 19.3 Å². The van der Waals surface area contributed by atoms with Gasteiger partial charge in [0.1, 0.15) is 5.60 Å². The Morgan fingerprint density at radius 3 is 2.72 bits per heavy atom. The Hall–Kier alpha value is -0.900. The van der Waals surface area contributed by atoms with Gasteiger partial charge in [0.2, 0.25) is 0 Å². The number of benzene rings is 1. The lowest BCUT2D eigenvalue weighted by atomic mass is 9.96. The van der Waals surface area contributed by atoms with E-state index in [2.05, 4.69) is 27.6 Å². The average Bonchev–Trinajstić information content (AvgIpc) is 2.58. The van der Waals surface area contributed by atoms with Gasteiger partial charge in [0, 0.05) is 26.2 Å². The van der Waals surface area contributed by atoms with Crippen molar-refractivity contribution in [3.05, 3.63) is 35.9 Å². The molecule has 0 radical (unpaired) electrons. The Morgan fingerprint density at radius 2 is 2.08 bits per heavy atom. The molecule has 0 spiro atoms. The molecule has 0 bridgehead atoms. The molecule has 1 aromatic carbocycles. The first-order valence-electron chi connectivity index (χ1n) is 8.61. The number of hydrogen-bond acceptors (Lipinski definition) is 4. The second-order valence-electron chi connectivity index (χ2n) is 6.47. The maximum absolute atomic E-state index is 10.7. The number of hydrogen-bond donors (Lipinski definition) is 3. The zero-order valence-electron chi connectivity index (χ0n) is 15.4. The largest absolute Gasteiger partial charge is 0.384 e. The third-order valence-corrected chi connectivity index (χ3v) is 4.12. The number of morpholine rings is 1. The van der Waals surface area contributed by atoms with Crippen LogP contribution < -0.4 is 10.6 Å². The third kappa shape index (κ3) is 7.47. The second-order valence-corrected chi connectivity index (χ2v) is 6.47.